The highest BCUT2D eigenvalue weighted by molar-refractivity contribution is 5.90. The van der Waals surface area contributed by atoms with Crippen molar-refractivity contribution in [1.82, 2.24) is 9.97 Å². The maximum atomic E-state index is 4.71. The first-order valence-electron chi connectivity index (χ1n) is 9.21. The van der Waals surface area contributed by atoms with Crippen molar-refractivity contribution in [3.05, 3.63) is 96.1 Å². The van der Waals surface area contributed by atoms with E-state index in [1.54, 1.807) is 0 Å². The van der Waals surface area contributed by atoms with Gasteiger partial charge in [0.05, 0.1) is 5.52 Å². The molecule has 4 rings (SSSR count). The first-order valence-corrected chi connectivity index (χ1v) is 9.21. The van der Waals surface area contributed by atoms with Gasteiger partial charge in [0, 0.05) is 18.5 Å². The number of fused-ring (bicyclic) bond motifs is 1. The van der Waals surface area contributed by atoms with Crippen molar-refractivity contribution in [3.8, 4) is 0 Å². The van der Waals surface area contributed by atoms with Crippen molar-refractivity contribution in [2.45, 2.75) is 13.0 Å². The molecular formula is C23H22N4. The van der Waals surface area contributed by atoms with Gasteiger partial charge in [-0.2, -0.15) is 4.98 Å². The largest absolute Gasteiger partial charge is 0.369 e. The molecule has 0 bridgehead atoms. The van der Waals surface area contributed by atoms with E-state index < -0.39 is 0 Å². The molecule has 0 radical (unpaired) electrons. The summed E-state index contributed by atoms with van der Waals surface area (Å²) in [7, 11) is 0. The smallest absolute Gasteiger partial charge is 0.225 e. The van der Waals surface area contributed by atoms with Crippen molar-refractivity contribution >= 4 is 22.7 Å². The highest BCUT2D eigenvalue weighted by Crippen LogP contribution is 2.22. The second-order valence-electron chi connectivity index (χ2n) is 6.41. The van der Waals surface area contributed by atoms with Crippen LogP contribution in [0.25, 0.3) is 10.9 Å². The summed E-state index contributed by atoms with van der Waals surface area (Å²) in [6.45, 7) is 1.52. The van der Waals surface area contributed by atoms with Crippen molar-refractivity contribution in [1.29, 1.82) is 0 Å². The van der Waals surface area contributed by atoms with Crippen LogP contribution in [0.2, 0.25) is 0 Å². The normalized spacial score (nSPS) is 10.7. The molecule has 4 nitrogen and oxygen atoms in total. The number of anilines is 2. The molecule has 0 unspecified atom stereocenters. The second kappa shape index (κ2) is 8.32. The number of nitrogens with zero attached hydrogens (tertiary/aromatic N) is 2. The Kier molecular flexibility index (Phi) is 5.25. The molecule has 0 saturated carbocycles. The van der Waals surface area contributed by atoms with Crippen molar-refractivity contribution in [2.75, 3.05) is 17.2 Å². The summed E-state index contributed by atoms with van der Waals surface area (Å²) in [5.41, 5.74) is 3.45. The number of para-hydroxylation sites is 1. The SMILES string of the molecule is c1ccc(CCNc2nc(NCc3ccccc3)nc3ccccc23)cc1. The van der Waals surface area contributed by atoms with Gasteiger partial charge in [0.1, 0.15) is 5.82 Å². The molecule has 0 atom stereocenters. The summed E-state index contributed by atoms with van der Waals surface area (Å²) in [6, 6.07) is 28.8. The van der Waals surface area contributed by atoms with Gasteiger partial charge in [-0.1, -0.05) is 72.8 Å². The summed E-state index contributed by atoms with van der Waals surface area (Å²) < 4.78 is 0. The topological polar surface area (TPSA) is 49.8 Å². The zero-order valence-corrected chi connectivity index (χ0v) is 15.1. The lowest BCUT2D eigenvalue weighted by molar-refractivity contribution is 1.00. The minimum atomic E-state index is 0.639. The molecule has 134 valence electrons. The molecule has 0 saturated heterocycles. The molecule has 27 heavy (non-hydrogen) atoms. The third kappa shape index (κ3) is 4.42. The van der Waals surface area contributed by atoms with Crippen LogP contribution >= 0.6 is 0 Å². The lowest BCUT2D eigenvalue weighted by Gasteiger charge is -2.12. The van der Waals surface area contributed by atoms with Crippen molar-refractivity contribution in [3.63, 3.8) is 0 Å². The van der Waals surface area contributed by atoms with Gasteiger partial charge in [-0.25, -0.2) is 4.98 Å². The molecule has 1 aromatic heterocycles. The predicted octanol–water partition coefficient (Wildman–Crippen LogP) is 4.90. The maximum absolute atomic E-state index is 4.71. The van der Waals surface area contributed by atoms with E-state index in [4.69, 9.17) is 4.98 Å². The molecule has 4 heteroatoms. The molecule has 0 amide bonds. The Labute approximate surface area is 159 Å². The van der Waals surface area contributed by atoms with Crippen LogP contribution in [0.5, 0.6) is 0 Å². The number of hydrogen-bond acceptors (Lipinski definition) is 4. The van der Waals surface area contributed by atoms with E-state index >= 15 is 0 Å². The van der Waals surface area contributed by atoms with Crippen molar-refractivity contribution < 1.29 is 0 Å². The Morgan fingerprint density at radius 1 is 0.630 bits per heavy atom. The average molecular weight is 354 g/mol. The second-order valence-corrected chi connectivity index (χ2v) is 6.41. The Bertz CT molecular complexity index is 1000. The Hall–Kier alpha value is -3.40. The monoisotopic (exact) mass is 354 g/mol. The molecule has 0 aliphatic heterocycles. The van der Waals surface area contributed by atoms with Gasteiger partial charge in [-0.3, -0.25) is 0 Å². The van der Waals surface area contributed by atoms with E-state index in [9.17, 15) is 0 Å². The maximum Gasteiger partial charge on any atom is 0.225 e. The molecule has 0 fully saturated rings. The van der Waals surface area contributed by atoms with Crippen LogP contribution in [0.1, 0.15) is 11.1 Å². The van der Waals surface area contributed by atoms with Crippen molar-refractivity contribution in [2.24, 2.45) is 0 Å². The summed E-state index contributed by atoms with van der Waals surface area (Å²) >= 11 is 0. The van der Waals surface area contributed by atoms with Crippen LogP contribution in [0.3, 0.4) is 0 Å². The summed E-state index contributed by atoms with van der Waals surface area (Å²) in [4.78, 5) is 9.37. The number of benzene rings is 3. The van der Waals surface area contributed by atoms with E-state index in [2.05, 4.69) is 58.1 Å². The first kappa shape index (κ1) is 17.0. The lowest BCUT2D eigenvalue weighted by atomic mass is 10.1. The minimum absolute atomic E-state index is 0.639. The number of hydrogen-bond donors (Lipinski definition) is 2. The van der Waals surface area contributed by atoms with Gasteiger partial charge in [0.2, 0.25) is 5.95 Å². The molecule has 1 heterocycles. The third-order valence-electron chi connectivity index (χ3n) is 4.45. The van der Waals surface area contributed by atoms with E-state index in [-0.39, 0.29) is 0 Å². The van der Waals surface area contributed by atoms with E-state index in [0.29, 0.717) is 12.5 Å². The molecule has 3 aromatic carbocycles. The molecule has 0 spiro atoms. The molecular weight excluding hydrogens is 332 g/mol. The highest BCUT2D eigenvalue weighted by Gasteiger charge is 2.07. The third-order valence-corrected chi connectivity index (χ3v) is 4.45. The van der Waals surface area contributed by atoms with Gasteiger partial charge in [0.15, 0.2) is 0 Å². The Balaban J connectivity index is 1.51. The Morgan fingerprint density at radius 2 is 1.30 bits per heavy atom. The van der Waals surface area contributed by atoms with E-state index in [0.717, 1.165) is 29.7 Å². The van der Waals surface area contributed by atoms with Gasteiger partial charge in [-0.15, -0.1) is 0 Å². The fourth-order valence-electron chi connectivity index (χ4n) is 3.04. The lowest BCUT2D eigenvalue weighted by Crippen LogP contribution is -2.10. The van der Waals surface area contributed by atoms with Crippen LogP contribution in [0, 0.1) is 0 Å². The highest BCUT2D eigenvalue weighted by atomic mass is 15.1. The zero-order chi connectivity index (χ0) is 18.3. The number of aromatic nitrogens is 2. The van der Waals surface area contributed by atoms with Crippen LogP contribution < -0.4 is 10.6 Å². The van der Waals surface area contributed by atoms with E-state index in [1.165, 1.54) is 11.1 Å². The fourth-order valence-corrected chi connectivity index (χ4v) is 3.04. The summed E-state index contributed by atoms with van der Waals surface area (Å²) in [6.07, 6.45) is 0.950. The Morgan fingerprint density at radius 3 is 2.07 bits per heavy atom. The molecule has 2 N–H and O–H groups in total. The minimum Gasteiger partial charge on any atom is -0.369 e. The van der Waals surface area contributed by atoms with Crippen LogP contribution in [-0.4, -0.2) is 16.5 Å². The first-order chi connectivity index (χ1) is 13.4. The van der Waals surface area contributed by atoms with E-state index in [1.807, 2.05) is 42.5 Å². The van der Waals surface area contributed by atoms with Gasteiger partial charge in [-0.05, 0) is 29.7 Å². The molecule has 0 aliphatic rings. The number of rotatable bonds is 7. The van der Waals surface area contributed by atoms with Crippen LogP contribution in [0.4, 0.5) is 11.8 Å². The molecule has 4 aromatic rings. The van der Waals surface area contributed by atoms with Crippen LogP contribution in [-0.2, 0) is 13.0 Å². The van der Waals surface area contributed by atoms with Crippen LogP contribution in [0.15, 0.2) is 84.9 Å². The average Bonchev–Trinajstić information content (AvgIpc) is 2.74. The number of nitrogens with one attached hydrogen (secondary N) is 2. The standard InChI is InChI=1S/C23H22N4/c1-3-9-18(10-4-1)15-16-24-22-20-13-7-8-14-21(20)26-23(27-22)25-17-19-11-5-2-6-12-19/h1-14H,15-17H2,(H2,24,25,26,27). The fraction of sp³-hybridized carbons (Fsp3) is 0.130. The van der Waals surface area contributed by atoms with Gasteiger partial charge in [0.25, 0.3) is 0 Å². The van der Waals surface area contributed by atoms with Gasteiger partial charge >= 0.3 is 0 Å². The predicted molar refractivity (Wildman–Crippen MR) is 112 cm³/mol. The quantitative estimate of drug-likeness (QED) is 0.496. The van der Waals surface area contributed by atoms with Gasteiger partial charge < -0.3 is 10.6 Å². The molecule has 0 aliphatic carbocycles. The zero-order valence-electron chi connectivity index (χ0n) is 15.1. The summed E-state index contributed by atoms with van der Waals surface area (Å²) in [5.74, 6) is 1.51. The summed E-state index contributed by atoms with van der Waals surface area (Å²) in [5, 5.41) is 7.86.